The lowest BCUT2D eigenvalue weighted by molar-refractivity contribution is -0.134. The number of piperazine rings is 1. The van der Waals surface area contributed by atoms with E-state index in [1.54, 1.807) is 31.5 Å². The van der Waals surface area contributed by atoms with Gasteiger partial charge in [0.15, 0.2) is 11.6 Å². The van der Waals surface area contributed by atoms with Crippen LogP contribution in [0.4, 0.5) is 43.4 Å². The van der Waals surface area contributed by atoms with Gasteiger partial charge in [-0.1, -0.05) is 19.1 Å². The van der Waals surface area contributed by atoms with Crippen molar-refractivity contribution in [3.8, 4) is 5.75 Å². The number of piperidine rings is 3. The summed E-state index contributed by atoms with van der Waals surface area (Å²) in [4.78, 5) is 52.0. The second-order valence-electron chi connectivity index (χ2n) is 18.7. The van der Waals surface area contributed by atoms with E-state index in [-0.39, 0.29) is 24.2 Å². The largest absolute Gasteiger partial charge is 0.494 e. The molecule has 9 rings (SSSR count). The van der Waals surface area contributed by atoms with E-state index in [0.717, 1.165) is 103 Å². The van der Waals surface area contributed by atoms with Crippen LogP contribution in [0.15, 0.2) is 59.3 Å². The molecule has 372 valence electrons. The van der Waals surface area contributed by atoms with Gasteiger partial charge in [0.05, 0.1) is 46.2 Å². The van der Waals surface area contributed by atoms with Crippen LogP contribution in [0.3, 0.4) is 0 Å². The summed E-state index contributed by atoms with van der Waals surface area (Å²) < 4.78 is 60.5. The number of aromatic nitrogens is 4. The number of nitrogens with two attached hydrogens (primary N) is 1. The number of hydrogen-bond donors (Lipinski definition) is 4. The fraction of sp³-hybridized carbons (Fsp3) is 0.469. The van der Waals surface area contributed by atoms with Gasteiger partial charge in [0, 0.05) is 94.0 Å². The Morgan fingerprint density at radius 2 is 1.60 bits per heavy atom. The van der Waals surface area contributed by atoms with Crippen molar-refractivity contribution >= 4 is 83.4 Å². The third-order valence-electron chi connectivity index (χ3n) is 14.2. The first kappa shape index (κ1) is 49.4. The lowest BCUT2D eigenvalue weighted by Gasteiger charge is -2.44. The maximum absolute atomic E-state index is 15.2. The molecule has 4 fully saturated rings. The van der Waals surface area contributed by atoms with Crippen LogP contribution in [0, 0.1) is 17.6 Å². The molecule has 17 nitrogen and oxygen atoms in total. The Morgan fingerprint density at radius 3 is 2.29 bits per heavy atom. The van der Waals surface area contributed by atoms with Crippen molar-refractivity contribution in [2.24, 2.45) is 11.1 Å². The van der Waals surface area contributed by atoms with E-state index >= 15 is 8.78 Å². The zero-order valence-corrected chi connectivity index (χ0v) is 41.8. The van der Waals surface area contributed by atoms with E-state index in [1.807, 2.05) is 4.90 Å². The Kier molecular flexibility index (Phi) is 15.1. The molecule has 4 aliphatic heterocycles. The van der Waals surface area contributed by atoms with Crippen LogP contribution in [0.5, 0.6) is 5.75 Å². The Morgan fingerprint density at radius 1 is 0.871 bits per heavy atom. The average molecular weight is 1050 g/mol. The Hall–Kier alpha value is -5.61. The average Bonchev–Trinajstić information content (AvgIpc) is 3.34. The predicted octanol–water partition coefficient (Wildman–Crippen LogP) is 6.72. The second-order valence-corrected chi connectivity index (χ2v) is 21.1. The molecule has 0 spiro atoms. The zero-order valence-electron chi connectivity index (χ0n) is 39.4. The molecule has 1 atom stereocenters. The molecule has 2 aromatic heterocycles. The fourth-order valence-electron chi connectivity index (χ4n) is 10.4. The Bertz CT molecular complexity index is 2830. The highest BCUT2D eigenvalue weighted by Gasteiger charge is 2.34. The number of amides is 2. The first-order valence-corrected chi connectivity index (χ1v) is 26.5. The van der Waals surface area contributed by atoms with E-state index < -0.39 is 39.4 Å². The van der Waals surface area contributed by atoms with E-state index in [0.29, 0.717) is 62.1 Å². The van der Waals surface area contributed by atoms with Gasteiger partial charge < -0.3 is 30.1 Å². The van der Waals surface area contributed by atoms with Crippen molar-refractivity contribution < 1.29 is 31.5 Å². The number of anilines is 6. The number of hydrogen-bond acceptors (Lipinski definition) is 15. The van der Waals surface area contributed by atoms with Gasteiger partial charge in [-0.05, 0) is 109 Å². The molecule has 0 bridgehead atoms. The molecule has 2 amide bonds. The molecule has 21 heteroatoms. The SMILES string of the molecule is CCc1cc(Nc2ncc(Br)c(Nc3cnc4c(CS(N)(=O)=O)cccc4n3)n2)c(OC)cc1N1CCC(N2CCN(CCC3CCN(c4cc(F)c(C5CCC(=O)NC5=O)c(F)c4)CC3)CC2)CC1. The maximum Gasteiger partial charge on any atom is 0.234 e. The number of methoxy groups -OCH3 is 1. The zero-order chi connectivity index (χ0) is 49.1. The molecular weight excluding hydrogens is 987 g/mol. The number of halogens is 3. The summed E-state index contributed by atoms with van der Waals surface area (Å²) in [7, 11) is -2.09. The van der Waals surface area contributed by atoms with Crippen molar-refractivity contribution in [1.29, 1.82) is 0 Å². The first-order valence-electron chi connectivity index (χ1n) is 24.0. The van der Waals surface area contributed by atoms with Crippen LogP contribution in [-0.4, -0.2) is 122 Å². The maximum atomic E-state index is 15.2. The standard InChI is InChI=1S/C49H59BrF2N12O5S/c1-3-31-23-40(57-49-55-27-36(50)47(60-49)58-43-28-54-46-32(29-70(53,67)68)5-4-6-39(46)56-43)42(69-2)26-41(31)64-17-12-33(13-18-64)63-21-19-61(20-22-63)14-9-30-10-15-62(16-11-30)34-24-37(51)45(38(52)25-34)35-7-8-44(65)59-48(35)66/h4-6,23-28,30,33,35H,3,7-22,29H2,1-2H3,(H2,53,67,68)(H,59,65,66)(H2,55,56,57,58,60). The molecule has 1 unspecified atom stereocenters. The first-order chi connectivity index (χ1) is 33.7. The van der Waals surface area contributed by atoms with E-state index in [4.69, 9.17) is 14.9 Å². The van der Waals surface area contributed by atoms with Crippen LogP contribution in [0.2, 0.25) is 0 Å². The molecule has 5 N–H and O–H groups in total. The number of ether oxygens (including phenoxy) is 1. The van der Waals surface area contributed by atoms with Crippen molar-refractivity contribution in [1.82, 2.24) is 35.1 Å². The van der Waals surface area contributed by atoms with Gasteiger partial charge in [0.25, 0.3) is 0 Å². The number of nitrogens with one attached hydrogen (secondary N) is 3. The normalized spacial score (nSPS) is 19.1. The summed E-state index contributed by atoms with van der Waals surface area (Å²) in [5.41, 5.74) is 4.77. The number of rotatable bonds is 15. The van der Waals surface area contributed by atoms with Gasteiger partial charge in [-0.3, -0.25) is 24.8 Å². The monoisotopic (exact) mass is 1040 g/mol. The van der Waals surface area contributed by atoms with Crippen molar-refractivity contribution in [2.45, 2.75) is 76.0 Å². The summed E-state index contributed by atoms with van der Waals surface area (Å²) in [6, 6.07) is 12.6. The summed E-state index contributed by atoms with van der Waals surface area (Å²) >= 11 is 3.54. The van der Waals surface area contributed by atoms with Gasteiger partial charge in [-0.2, -0.15) is 4.98 Å². The summed E-state index contributed by atoms with van der Waals surface area (Å²) in [6.07, 6.45) is 9.34. The highest BCUT2D eigenvalue weighted by atomic mass is 79.9. The molecule has 70 heavy (non-hydrogen) atoms. The minimum Gasteiger partial charge on any atom is -0.494 e. The molecule has 6 heterocycles. The number of nitrogens with zero attached hydrogens (tertiary/aromatic N) is 8. The third-order valence-corrected chi connectivity index (χ3v) is 15.5. The molecule has 4 saturated heterocycles. The third kappa shape index (κ3) is 11.4. The quantitative estimate of drug-likeness (QED) is 0.0804. The number of carbonyl (C=O) groups excluding carboxylic acids is 2. The number of primary sulfonamides is 1. The summed E-state index contributed by atoms with van der Waals surface area (Å²) in [6.45, 7) is 10.8. The number of imide groups is 1. The second kappa shape index (κ2) is 21.4. The number of carbonyl (C=O) groups is 2. The number of benzene rings is 3. The summed E-state index contributed by atoms with van der Waals surface area (Å²) in [5, 5.41) is 14.0. The number of fused-ring (bicyclic) bond motifs is 1. The van der Waals surface area contributed by atoms with Crippen LogP contribution >= 0.6 is 15.9 Å². The van der Waals surface area contributed by atoms with Crippen molar-refractivity contribution in [2.75, 3.05) is 86.4 Å². The number of para-hydroxylation sites is 1. The number of sulfonamides is 1. The van der Waals surface area contributed by atoms with Crippen molar-refractivity contribution in [3.63, 3.8) is 0 Å². The molecular formula is C49H59BrF2N12O5S. The smallest absolute Gasteiger partial charge is 0.234 e. The lowest BCUT2D eigenvalue weighted by Crippen LogP contribution is -2.53. The van der Waals surface area contributed by atoms with Crippen LogP contribution in [-0.2, 0) is 31.8 Å². The highest BCUT2D eigenvalue weighted by Crippen LogP contribution is 2.38. The molecule has 5 aromatic rings. The molecule has 0 aliphatic carbocycles. The minimum atomic E-state index is -3.75. The molecule has 0 radical (unpaired) electrons. The van der Waals surface area contributed by atoms with E-state index in [2.05, 4.69) is 80.6 Å². The van der Waals surface area contributed by atoms with Crippen LogP contribution < -0.4 is 35.6 Å². The molecule has 0 saturated carbocycles. The van der Waals surface area contributed by atoms with Gasteiger partial charge in [0.2, 0.25) is 27.8 Å². The topological polar surface area (TPSA) is 204 Å². The minimum absolute atomic E-state index is 0.0661. The Balaban J connectivity index is 0.739. The molecule has 3 aromatic carbocycles. The van der Waals surface area contributed by atoms with E-state index in [9.17, 15) is 18.0 Å². The summed E-state index contributed by atoms with van der Waals surface area (Å²) in [5.74, 6) is -1.43. The highest BCUT2D eigenvalue weighted by molar-refractivity contribution is 9.10. The van der Waals surface area contributed by atoms with Gasteiger partial charge >= 0.3 is 0 Å². The van der Waals surface area contributed by atoms with Gasteiger partial charge in [-0.25, -0.2) is 32.3 Å². The predicted molar refractivity (Wildman–Crippen MR) is 269 cm³/mol. The van der Waals surface area contributed by atoms with Gasteiger partial charge in [0.1, 0.15) is 17.4 Å². The van der Waals surface area contributed by atoms with Crippen LogP contribution in [0.25, 0.3) is 11.0 Å². The van der Waals surface area contributed by atoms with Crippen LogP contribution in [0.1, 0.15) is 74.5 Å². The number of aryl methyl sites for hydroxylation is 1. The van der Waals surface area contributed by atoms with Crippen molar-refractivity contribution in [3.05, 3.63) is 87.7 Å². The fourth-order valence-corrected chi connectivity index (χ4v) is 11.4. The Labute approximate surface area is 415 Å². The van der Waals surface area contributed by atoms with E-state index in [1.165, 1.54) is 29.6 Å². The molecule has 4 aliphatic rings. The lowest BCUT2D eigenvalue weighted by atomic mass is 9.89. The van der Waals surface area contributed by atoms with Gasteiger partial charge in [-0.15, -0.1) is 0 Å².